The minimum atomic E-state index is 0.0588. The zero-order valence-corrected chi connectivity index (χ0v) is 8.64. The highest BCUT2D eigenvalue weighted by Gasteiger charge is 2.11. The highest BCUT2D eigenvalue weighted by atomic mass is 35.5. The van der Waals surface area contributed by atoms with Gasteiger partial charge in [-0.2, -0.15) is 0 Å². The van der Waals surface area contributed by atoms with Crippen LogP contribution in [0.2, 0.25) is 4.34 Å². The van der Waals surface area contributed by atoms with Crippen molar-refractivity contribution in [3.63, 3.8) is 0 Å². The van der Waals surface area contributed by atoms with Crippen LogP contribution in [0, 0.1) is 0 Å². The molecule has 4 heteroatoms. The molecule has 2 N–H and O–H groups in total. The van der Waals surface area contributed by atoms with E-state index in [9.17, 15) is 10.2 Å². The fourth-order valence-electron chi connectivity index (χ4n) is 1.23. The molecule has 0 atom stereocenters. The van der Waals surface area contributed by atoms with Gasteiger partial charge in [-0.05, 0) is 24.3 Å². The van der Waals surface area contributed by atoms with Gasteiger partial charge in [-0.15, -0.1) is 11.3 Å². The average Bonchev–Trinajstić information content (AvgIpc) is 2.51. The molecule has 0 saturated carbocycles. The molecule has 0 aliphatic rings. The van der Waals surface area contributed by atoms with Crippen LogP contribution in [0.4, 0.5) is 0 Å². The standard InChI is InChI=1S/C10H7ClO2S/c11-9-5-4-8(14-9)10-6(12)2-1-3-7(10)13/h1-5,12-13H. The first-order chi connectivity index (χ1) is 6.68. The van der Waals surface area contributed by atoms with Gasteiger partial charge in [0.1, 0.15) is 11.5 Å². The first kappa shape index (κ1) is 9.37. The van der Waals surface area contributed by atoms with Gasteiger partial charge < -0.3 is 10.2 Å². The smallest absolute Gasteiger partial charge is 0.127 e. The lowest BCUT2D eigenvalue weighted by Gasteiger charge is -2.03. The van der Waals surface area contributed by atoms with E-state index in [-0.39, 0.29) is 11.5 Å². The fraction of sp³-hybridized carbons (Fsp3) is 0. The number of rotatable bonds is 1. The summed E-state index contributed by atoms with van der Waals surface area (Å²) in [7, 11) is 0. The molecule has 72 valence electrons. The molecule has 14 heavy (non-hydrogen) atoms. The first-order valence-electron chi connectivity index (χ1n) is 3.95. The van der Waals surface area contributed by atoms with Crippen LogP contribution in [-0.4, -0.2) is 10.2 Å². The molecule has 0 unspecified atom stereocenters. The molecule has 0 spiro atoms. The molecule has 0 aliphatic heterocycles. The van der Waals surface area contributed by atoms with Crippen LogP contribution in [0.1, 0.15) is 0 Å². The maximum absolute atomic E-state index is 9.56. The molecule has 0 fully saturated rings. The zero-order valence-electron chi connectivity index (χ0n) is 7.07. The van der Waals surface area contributed by atoms with Crippen LogP contribution < -0.4 is 0 Å². The van der Waals surface area contributed by atoms with E-state index < -0.39 is 0 Å². The predicted molar refractivity (Wildman–Crippen MR) is 58.1 cm³/mol. The third kappa shape index (κ3) is 1.56. The van der Waals surface area contributed by atoms with Gasteiger partial charge in [0.25, 0.3) is 0 Å². The lowest BCUT2D eigenvalue weighted by Crippen LogP contribution is -1.75. The average molecular weight is 227 g/mol. The van der Waals surface area contributed by atoms with E-state index in [1.807, 2.05) is 0 Å². The zero-order chi connectivity index (χ0) is 10.1. The van der Waals surface area contributed by atoms with Crippen LogP contribution in [0.5, 0.6) is 11.5 Å². The Morgan fingerprint density at radius 3 is 2.14 bits per heavy atom. The number of hydrogen-bond donors (Lipinski definition) is 2. The summed E-state index contributed by atoms with van der Waals surface area (Å²) in [4.78, 5) is 0.755. The van der Waals surface area contributed by atoms with E-state index in [2.05, 4.69) is 0 Å². The fourth-order valence-corrected chi connectivity index (χ4v) is 2.34. The normalized spacial score (nSPS) is 10.4. The van der Waals surface area contributed by atoms with Gasteiger partial charge in [0.15, 0.2) is 0 Å². The second-order valence-corrected chi connectivity index (χ2v) is 4.49. The van der Waals surface area contributed by atoms with Gasteiger partial charge in [-0.3, -0.25) is 0 Å². The van der Waals surface area contributed by atoms with E-state index in [1.165, 1.54) is 23.5 Å². The van der Waals surface area contributed by atoms with Crippen molar-refractivity contribution >= 4 is 22.9 Å². The van der Waals surface area contributed by atoms with Crippen molar-refractivity contribution in [1.82, 2.24) is 0 Å². The minimum Gasteiger partial charge on any atom is -0.507 e. The van der Waals surface area contributed by atoms with E-state index in [1.54, 1.807) is 18.2 Å². The molecule has 0 bridgehead atoms. The van der Waals surface area contributed by atoms with Crippen molar-refractivity contribution in [2.45, 2.75) is 0 Å². The van der Waals surface area contributed by atoms with Crippen LogP contribution in [0.15, 0.2) is 30.3 Å². The van der Waals surface area contributed by atoms with Gasteiger partial charge in [0.2, 0.25) is 0 Å². The number of phenols is 2. The van der Waals surface area contributed by atoms with E-state index in [4.69, 9.17) is 11.6 Å². The maximum atomic E-state index is 9.56. The maximum Gasteiger partial charge on any atom is 0.127 e. The predicted octanol–water partition coefficient (Wildman–Crippen LogP) is 3.48. The second-order valence-electron chi connectivity index (χ2n) is 2.78. The molecule has 1 aromatic heterocycles. The highest BCUT2D eigenvalue weighted by Crippen LogP contribution is 2.41. The Kier molecular flexibility index (Phi) is 2.35. The van der Waals surface area contributed by atoms with E-state index >= 15 is 0 Å². The lowest BCUT2D eigenvalue weighted by molar-refractivity contribution is 0.454. The molecule has 2 rings (SSSR count). The van der Waals surface area contributed by atoms with Crippen LogP contribution >= 0.6 is 22.9 Å². The molecule has 1 heterocycles. The summed E-state index contributed by atoms with van der Waals surface area (Å²) in [5, 5.41) is 19.1. The van der Waals surface area contributed by atoms with Crippen LogP contribution in [-0.2, 0) is 0 Å². The number of aromatic hydroxyl groups is 2. The molecule has 2 nitrogen and oxygen atoms in total. The van der Waals surface area contributed by atoms with E-state index in [0.29, 0.717) is 9.90 Å². The number of thiophene rings is 1. The van der Waals surface area contributed by atoms with Gasteiger partial charge in [-0.25, -0.2) is 0 Å². The van der Waals surface area contributed by atoms with Crippen molar-refractivity contribution in [2.24, 2.45) is 0 Å². The topological polar surface area (TPSA) is 40.5 Å². The molecule has 0 aliphatic carbocycles. The Hall–Kier alpha value is -1.19. The Bertz CT molecular complexity index is 445. The third-order valence-electron chi connectivity index (χ3n) is 1.84. The van der Waals surface area contributed by atoms with Crippen molar-refractivity contribution in [1.29, 1.82) is 0 Å². The van der Waals surface area contributed by atoms with Crippen molar-refractivity contribution in [3.8, 4) is 21.9 Å². The van der Waals surface area contributed by atoms with E-state index in [0.717, 1.165) is 4.88 Å². The highest BCUT2D eigenvalue weighted by molar-refractivity contribution is 7.19. The summed E-state index contributed by atoms with van der Waals surface area (Å²) in [5.41, 5.74) is 0.435. The molecule has 0 amide bonds. The van der Waals surface area contributed by atoms with Crippen molar-refractivity contribution < 1.29 is 10.2 Å². The molecule has 2 aromatic rings. The van der Waals surface area contributed by atoms with Crippen LogP contribution in [0.3, 0.4) is 0 Å². The molecular formula is C10H7ClO2S. The molecule has 0 radical (unpaired) electrons. The van der Waals surface area contributed by atoms with Gasteiger partial charge in [-0.1, -0.05) is 17.7 Å². The summed E-state index contributed by atoms with van der Waals surface area (Å²) in [6, 6.07) is 8.14. The number of hydrogen-bond acceptors (Lipinski definition) is 3. The van der Waals surface area contributed by atoms with Crippen molar-refractivity contribution in [3.05, 3.63) is 34.7 Å². The summed E-state index contributed by atoms with van der Waals surface area (Å²) < 4.78 is 0.627. The largest absolute Gasteiger partial charge is 0.507 e. The molecular weight excluding hydrogens is 220 g/mol. The molecule has 0 saturated heterocycles. The summed E-state index contributed by atoms with van der Waals surface area (Å²) >= 11 is 7.08. The summed E-state index contributed by atoms with van der Waals surface area (Å²) in [5.74, 6) is 0.118. The Balaban J connectivity index is 2.61. The first-order valence-corrected chi connectivity index (χ1v) is 5.14. The lowest BCUT2D eigenvalue weighted by atomic mass is 10.1. The summed E-state index contributed by atoms with van der Waals surface area (Å²) in [6.45, 7) is 0. The Labute approximate surface area is 90.0 Å². The SMILES string of the molecule is Oc1cccc(O)c1-c1ccc(Cl)s1. The minimum absolute atomic E-state index is 0.0588. The number of halogens is 1. The second kappa shape index (κ2) is 3.52. The third-order valence-corrected chi connectivity index (χ3v) is 3.09. The number of phenolic OH excluding ortho intramolecular Hbond substituents is 2. The van der Waals surface area contributed by atoms with Gasteiger partial charge in [0, 0.05) is 4.88 Å². The Morgan fingerprint density at radius 2 is 1.64 bits per heavy atom. The van der Waals surface area contributed by atoms with Gasteiger partial charge >= 0.3 is 0 Å². The number of benzene rings is 1. The van der Waals surface area contributed by atoms with Gasteiger partial charge in [0.05, 0.1) is 9.90 Å². The summed E-state index contributed by atoms with van der Waals surface area (Å²) in [6.07, 6.45) is 0. The Morgan fingerprint density at radius 1 is 1.00 bits per heavy atom. The van der Waals surface area contributed by atoms with Crippen molar-refractivity contribution in [2.75, 3.05) is 0 Å². The monoisotopic (exact) mass is 226 g/mol. The quantitative estimate of drug-likeness (QED) is 0.782. The van der Waals surface area contributed by atoms with Crippen LogP contribution in [0.25, 0.3) is 10.4 Å². The molecule has 1 aromatic carbocycles.